The standard InChI is InChI=1S/C9H15N2O14P3/c12-6-4-9(10-3-1-2-8(10)11(13)14)23-7(6)5-22-27(18,19)25-28(20,21)24-26(15,16)17/h1-3,6-7,9,12H,4-5H2,(H,18,19)(H,20,21)(H2,15,16,17)/t6-,7+,9+/m0/s1. The number of aliphatic hydroxyl groups excluding tert-OH is 1. The van der Waals surface area contributed by atoms with Gasteiger partial charge in [0, 0.05) is 12.5 Å². The van der Waals surface area contributed by atoms with Crippen LogP contribution in [0.15, 0.2) is 18.3 Å². The Balaban J connectivity index is 1.97. The second-order valence-electron chi connectivity index (χ2n) is 5.35. The summed E-state index contributed by atoms with van der Waals surface area (Å²) < 4.78 is 51.3. The molecule has 0 saturated carbocycles. The average Bonchev–Trinajstić information content (AvgIpc) is 3.07. The molecule has 1 aliphatic heterocycles. The first-order valence-electron chi connectivity index (χ1n) is 7.12. The molecule has 1 aromatic rings. The topological polar surface area (TPSA) is 237 Å². The molecule has 0 aliphatic carbocycles. The minimum atomic E-state index is -5.66. The second-order valence-corrected chi connectivity index (χ2v) is 9.77. The SMILES string of the molecule is O=[N+]([O-])c1cccn1[C@H]1C[C@H](O)[C@@H](COP(=O)(O)OP(=O)(O)OP(=O)(O)O)O1. The highest BCUT2D eigenvalue weighted by Crippen LogP contribution is 2.66. The predicted molar refractivity (Wildman–Crippen MR) is 85.4 cm³/mol. The molecule has 1 fully saturated rings. The number of rotatable bonds is 9. The van der Waals surface area contributed by atoms with Crippen LogP contribution in [0, 0.1) is 10.1 Å². The van der Waals surface area contributed by atoms with Gasteiger partial charge < -0.3 is 39.5 Å². The lowest BCUT2D eigenvalue weighted by Gasteiger charge is -2.18. The van der Waals surface area contributed by atoms with Gasteiger partial charge in [0.25, 0.3) is 0 Å². The van der Waals surface area contributed by atoms with Crippen LogP contribution in [0.1, 0.15) is 12.6 Å². The zero-order valence-corrected chi connectivity index (χ0v) is 16.2. The van der Waals surface area contributed by atoms with Crippen molar-refractivity contribution in [1.29, 1.82) is 0 Å². The van der Waals surface area contributed by atoms with E-state index in [0.29, 0.717) is 0 Å². The van der Waals surface area contributed by atoms with Crippen LogP contribution in [0.4, 0.5) is 5.82 Å². The number of hydrogen-bond donors (Lipinski definition) is 5. The van der Waals surface area contributed by atoms with E-state index in [2.05, 4.69) is 13.1 Å². The summed E-state index contributed by atoms with van der Waals surface area (Å²) in [4.78, 5) is 45.5. The summed E-state index contributed by atoms with van der Waals surface area (Å²) in [5, 5.41) is 20.9. The monoisotopic (exact) mass is 468 g/mol. The Bertz CT molecular complexity index is 864. The Kier molecular flexibility index (Phi) is 6.99. The number of aliphatic hydroxyl groups is 1. The zero-order valence-electron chi connectivity index (χ0n) is 13.5. The van der Waals surface area contributed by atoms with Crippen molar-refractivity contribution < 1.29 is 61.2 Å². The van der Waals surface area contributed by atoms with Crippen LogP contribution in [0.2, 0.25) is 0 Å². The number of phosphoric ester groups is 1. The zero-order chi connectivity index (χ0) is 21.3. The van der Waals surface area contributed by atoms with Crippen LogP contribution >= 0.6 is 23.5 Å². The number of phosphoric acid groups is 3. The molecule has 160 valence electrons. The Morgan fingerprint density at radius 3 is 2.43 bits per heavy atom. The average molecular weight is 468 g/mol. The van der Waals surface area contributed by atoms with E-state index in [0.717, 1.165) is 4.57 Å². The van der Waals surface area contributed by atoms with Gasteiger partial charge in [0.05, 0.1) is 18.9 Å². The molecule has 2 unspecified atom stereocenters. The Morgan fingerprint density at radius 2 is 1.86 bits per heavy atom. The van der Waals surface area contributed by atoms with Gasteiger partial charge in [-0.05, 0) is 11.0 Å². The van der Waals surface area contributed by atoms with Crippen LogP contribution in [-0.4, -0.2) is 53.0 Å². The van der Waals surface area contributed by atoms with E-state index in [-0.39, 0.29) is 12.2 Å². The van der Waals surface area contributed by atoms with E-state index >= 15 is 0 Å². The van der Waals surface area contributed by atoms with Crippen molar-refractivity contribution >= 4 is 29.3 Å². The smallest absolute Gasteiger partial charge is 0.390 e. The first-order valence-corrected chi connectivity index (χ1v) is 11.6. The van der Waals surface area contributed by atoms with Gasteiger partial charge in [0.1, 0.15) is 6.10 Å². The molecule has 0 radical (unpaired) electrons. The molecular weight excluding hydrogens is 453 g/mol. The van der Waals surface area contributed by atoms with Gasteiger partial charge in [-0.25, -0.2) is 18.3 Å². The van der Waals surface area contributed by atoms with Crippen molar-refractivity contribution in [2.45, 2.75) is 24.9 Å². The van der Waals surface area contributed by atoms with Gasteiger partial charge in [-0.15, -0.1) is 0 Å². The highest BCUT2D eigenvalue weighted by molar-refractivity contribution is 7.66. The van der Waals surface area contributed by atoms with Gasteiger partial charge in [-0.2, -0.15) is 8.62 Å². The lowest BCUT2D eigenvalue weighted by molar-refractivity contribution is -0.393. The number of aromatic nitrogens is 1. The van der Waals surface area contributed by atoms with Crippen molar-refractivity contribution in [3.8, 4) is 0 Å². The third-order valence-electron chi connectivity index (χ3n) is 3.28. The molecule has 1 saturated heterocycles. The lowest BCUT2D eigenvalue weighted by atomic mass is 10.2. The van der Waals surface area contributed by atoms with E-state index in [9.17, 15) is 33.8 Å². The first-order chi connectivity index (χ1) is 12.7. The minimum absolute atomic E-state index is 0.139. The van der Waals surface area contributed by atoms with Crippen molar-refractivity contribution in [1.82, 2.24) is 4.57 Å². The molecule has 0 bridgehead atoms. The van der Waals surface area contributed by atoms with Crippen molar-refractivity contribution in [2.75, 3.05) is 6.61 Å². The van der Waals surface area contributed by atoms with Crippen LogP contribution < -0.4 is 0 Å². The van der Waals surface area contributed by atoms with E-state index in [1.165, 1.54) is 18.3 Å². The molecule has 0 amide bonds. The molecule has 5 N–H and O–H groups in total. The van der Waals surface area contributed by atoms with E-state index in [1.54, 1.807) is 0 Å². The maximum Gasteiger partial charge on any atom is 0.490 e. The Labute approximate surface area is 155 Å². The Hall–Kier alpha value is -0.990. The molecule has 0 aromatic carbocycles. The van der Waals surface area contributed by atoms with E-state index in [1.807, 2.05) is 0 Å². The largest absolute Gasteiger partial charge is 0.490 e. The van der Waals surface area contributed by atoms with Gasteiger partial charge in [0.2, 0.25) is 6.23 Å². The molecule has 28 heavy (non-hydrogen) atoms. The summed E-state index contributed by atoms with van der Waals surface area (Å²) in [7, 11) is -16.6. The van der Waals surface area contributed by atoms with Crippen LogP contribution in [0.25, 0.3) is 0 Å². The maximum absolute atomic E-state index is 11.6. The summed E-state index contributed by atoms with van der Waals surface area (Å²) in [6.07, 6.45) is -2.39. The predicted octanol–water partition coefficient (Wildman–Crippen LogP) is 0.388. The van der Waals surface area contributed by atoms with Crippen LogP contribution in [0.3, 0.4) is 0 Å². The van der Waals surface area contributed by atoms with Crippen molar-refractivity contribution in [3.63, 3.8) is 0 Å². The third kappa shape index (κ3) is 6.52. The van der Waals surface area contributed by atoms with Gasteiger partial charge in [0.15, 0.2) is 0 Å². The second kappa shape index (κ2) is 8.40. The lowest BCUT2D eigenvalue weighted by Crippen LogP contribution is -2.26. The molecule has 0 spiro atoms. The number of nitro groups is 1. The summed E-state index contributed by atoms with van der Waals surface area (Å²) in [6.45, 7) is -0.865. The highest BCUT2D eigenvalue weighted by atomic mass is 31.3. The molecule has 1 aliphatic rings. The van der Waals surface area contributed by atoms with Gasteiger partial charge >= 0.3 is 29.3 Å². The molecular formula is C9H15N2O14P3. The van der Waals surface area contributed by atoms with Crippen LogP contribution in [0.5, 0.6) is 0 Å². The fourth-order valence-electron chi connectivity index (χ4n) is 2.29. The van der Waals surface area contributed by atoms with E-state index in [4.69, 9.17) is 19.4 Å². The maximum atomic E-state index is 11.6. The minimum Gasteiger partial charge on any atom is -0.390 e. The molecule has 2 heterocycles. The van der Waals surface area contributed by atoms with Crippen molar-refractivity contribution in [3.05, 3.63) is 28.4 Å². The highest BCUT2D eigenvalue weighted by Gasteiger charge is 2.43. The summed E-state index contributed by atoms with van der Waals surface area (Å²) >= 11 is 0. The van der Waals surface area contributed by atoms with E-state index < -0.39 is 53.4 Å². The van der Waals surface area contributed by atoms with Gasteiger partial charge in [-0.3, -0.25) is 4.52 Å². The summed E-state index contributed by atoms with van der Waals surface area (Å²) in [5.74, 6) is -0.328. The first kappa shape index (κ1) is 23.3. The normalized spacial score (nSPS) is 27.2. The third-order valence-corrected chi connectivity index (χ3v) is 7.08. The molecule has 16 nitrogen and oxygen atoms in total. The molecule has 5 atom stereocenters. The fraction of sp³-hybridized carbons (Fsp3) is 0.556. The van der Waals surface area contributed by atoms with Gasteiger partial charge in [-0.1, -0.05) is 0 Å². The van der Waals surface area contributed by atoms with Crippen molar-refractivity contribution in [2.24, 2.45) is 0 Å². The molecule has 19 heteroatoms. The number of ether oxygens (including phenoxy) is 1. The molecule has 1 aromatic heterocycles. The Morgan fingerprint density at radius 1 is 1.21 bits per heavy atom. The number of nitrogens with zero attached hydrogens (tertiary/aromatic N) is 2. The number of hydrogen-bond acceptors (Lipinski definition) is 10. The van der Waals surface area contributed by atoms with Crippen LogP contribution in [-0.2, 0) is 31.6 Å². The molecule has 2 rings (SSSR count). The quantitative estimate of drug-likeness (QED) is 0.187. The summed E-state index contributed by atoms with van der Waals surface area (Å²) in [6, 6.07) is 2.56. The summed E-state index contributed by atoms with van der Waals surface area (Å²) in [5.41, 5.74) is 0. The fourth-order valence-corrected chi connectivity index (χ4v) is 5.32.